The highest BCUT2D eigenvalue weighted by Crippen LogP contribution is 2.39. The Labute approximate surface area is 142 Å². The fourth-order valence-corrected chi connectivity index (χ4v) is 3.33. The molecule has 1 amide bonds. The molecule has 0 aliphatic carbocycles. The average Bonchev–Trinajstić information content (AvgIpc) is 2.77. The molecule has 6 nitrogen and oxygen atoms in total. The van der Waals surface area contributed by atoms with Crippen molar-refractivity contribution < 1.29 is 14.3 Å². The van der Waals surface area contributed by atoms with Crippen LogP contribution in [0.3, 0.4) is 0 Å². The standard InChI is InChI=1S/C18H25N3O3/c1-5-23-16-19-10-13(11-20-16)12-8-14-6-7-15(9-12)21(14)17(22)24-18(2,3)4/h8,10-11,14-15H,5-7,9H2,1-4H3. The number of rotatable bonds is 3. The topological polar surface area (TPSA) is 64.5 Å². The van der Waals surface area contributed by atoms with Crippen LogP contribution in [0.2, 0.25) is 0 Å². The van der Waals surface area contributed by atoms with Crippen LogP contribution in [0.15, 0.2) is 18.5 Å². The number of hydrogen-bond acceptors (Lipinski definition) is 5. The van der Waals surface area contributed by atoms with Crippen molar-refractivity contribution in [3.8, 4) is 6.01 Å². The van der Waals surface area contributed by atoms with Crippen LogP contribution in [-0.2, 0) is 4.74 Å². The first kappa shape index (κ1) is 16.7. The van der Waals surface area contributed by atoms with Crippen LogP contribution in [0.25, 0.3) is 5.57 Å². The normalized spacial score (nSPS) is 23.0. The lowest BCUT2D eigenvalue weighted by molar-refractivity contribution is 0.0175. The molecule has 0 spiro atoms. The predicted octanol–water partition coefficient (Wildman–Crippen LogP) is 3.43. The van der Waals surface area contributed by atoms with E-state index < -0.39 is 5.60 Å². The molecule has 1 fully saturated rings. The monoisotopic (exact) mass is 331 g/mol. The molecule has 1 aromatic heterocycles. The van der Waals surface area contributed by atoms with Gasteiger partial charge < -0.3 is 9.47 Å². The molecule has 2 aliphatic rings. The lowest BCUT2D eigenvalue weighted by Gasteiger charge is -2.35. The number of carbonyl (C=O) groups is 1. The number of fused-ring (bicyclic) bond motifs is 2. The van der Waals surface area contributed by atoms with E-state index >= 15 is 0 Å². The number of nitrogens with zero attached hydrogens (tertiary/aromatic N) is 3. The maximum Gasteiger partial charge on any atom is 0.411 e. The van der Waals surface area contributed by atoms with Crippen LogP contribution in [0.4, 0.5) is 4.79 Å². The van der Waals surface area contributed by atoms with Gasteiger partial charge in [-0.05, 0) is 52.5 Å². The van der Waals surface area contributed by atoms with E-state index in [1.807, 2.05) is 32.6 Å². The third kappa shape index (κ3) is 3.52. The maximum atomic E-state index is 12.5. The molecule has 3 heterocycles. The number of ether oxygens (including phenoxy) is 2. The Morgan fingerprint density at radius 3 is 2.58 bits per heavy atom. The lowest BCUT2D eigenvalue weighted by Crippen LogP contribution is -2.45. The highest BCUT2D eigenvalue weighted by Gasteiger charge is 2.41. The molecule has 1 saturated heterocycles. The van der Waals surface area contributed by atoms with Crippen molar-refractivity contribution in [2.45, 2.75) is 64.6 Å². The van der Waals surface area contributed by atoms with E-state index in [-0.39, 0.29) is 18.2 Å². The Morgan fingerprint density at radius 1 is 1.29 bits per heavy atom. The average molecular weight is 331 g/mol. The molecule has 2 aliphatic heterocycles. The second-order valence-electron chi connectivity index (χ2n) is 7.27. The smallest absolute Gasteiger partial charge is 0.411 e. The molecule has 24 heavy (non-hydrogen) atoms. The summed E-state index contributed by atoms with van der Waals surface area (Å²) in [5, 5.41) is 0. The highest BCUT2D eigenvalue weighted by molar-refractivity contribution is 5.74. The number of carbonyl (C=O) groups excluding carboxylic acids is 1. The Morgan fingerprint density at radius 2 is 2.00 bits per heavy atom. The summed E-state index contributed by atoms with van der Waals surface area (Å²) in [6.45, 7) is 8.15. The largest absolute Gasteiger partial charge is 0.464 e. The molecule has 3 rings (SSSR count). The maximum absolute atomic E-state index is 12.5. The molecule has 0 radical (unpaired) electrons. The van der Waals surface area contributed by atoms with E-state index in [1.54, 1.807) is 12.4 Å². The zero-order valence-electron chi connectivity index (χ0n) is 14.8. The molecule has 6 heteroatoms. The first-order chi connectivity index (χ1) is 11.4. The third-order valence-corrected chi connectivity index (χ3v) is 4.27. The third-order valence-electron chi connectivity index (χ3n) is 4.27. The van der Waals surface area contributed by atoms with E-state index in [0.717, 1.165) is 24.8 Å². The van der Waals surface area contributed by atoms with E-state index in [4.69, 9.17) is 9.47 Å². The molecule has 0 saturated carbocycles. The molecule has 0 N–H and O–H groups in total. The summed E-state index contributed by atoms with van der Waals surface area (Å²) < 4.78 is 10.8. The van der Waals surface area contributed by atoms with Gasteiger partial charge in [0.15, 0.2) is 0 Å². The van der Waals surface area contributed by atoms with Crippen molar-refractivity contribution in [2.24, 2.45) is 0 Å². The quantitative estimate of drug-likeness (QED) is 0.849. The summed E-state index contributed by atoms with van der Waals surface area (Å²) in [6.07, 6.45) is 8.33. The van der Waals surface area contributed by atoms with E-state index in [0.29, 0.717) is 12.6 Å². The summed E-state index contributed by atoms with van der Waals surface area (Å²) >= 11 is 0. The van der Waals surface area contributed by atoms with E-state index in [1.165, 1.54) is 5.57 Å². The van der Waals surface area contributed by atoms with Crippen LogP contribution < -0.4 is 4.74 Å². The minimum atomic E-state index is -0.469. The van der Waals surface area contributed by atoms with Crippen molar-refractivity contribution in [2.75, 3.05) is 6.61 Å². The first-order valence-corrected chi connectivity index (χ1v) is 8.54. The number of hydrogen-bond donors (Lipinski definition) is 0. The molecule has 1 aromatic rings. The van der Waals surface area contributed by atoms with Gasteiger partial charge >= 0.3 is 12.1 Å². The minimum Gasteiger partial charge on any atom is -0.464 e. The fraction of sp³-hybridized carbons (Fsp3) is 0.611. The van der Waals surface area contributed by atoms with Gasteiger partial charge in [-0.15, -0.1) is 0 Å². The zero-order chi connectivity index (χ0) is 17.3. The van der Waals surface area contributed by atoms with E-state index in [9.17, 15) is 4.79 Å². The predicted molar refractivity (Wildman–Crippen MR) is 90.7 cm³/mol. The fourth-order valence-electron chi connectivity index (χ4n) is 3.33. The van der Waals surface area contributed by atoms with Gasteiger partial charge in [0.25, 0.3) is 0 Å². The first-order valence-electron chi connectivity index (χ1n) is 8.54. The van der Waals surface area contributed by atoms with Crippen LogP contribution in [-0.4, -0.2) is 45.3 Å². The lowest BCUT2D eigenvalue weighted by atomic mass is 9.97. The summed E-state index contributed by atoms with van der Waals surface area (Å²) in [6, 6.07) is 0.688. The molecule has 2 bridgehead atoms. The molecular weight excluding hydrogens is 306 g/mol. The molecule has 0 aromatic carbocycles. The highest BCUT2D eigenvalue weighted by atomic mass is 16.6. The molecule has 2 unspecified atom stereocenters. The Bertz CT molecular complexity index is 634. The van der Waals surface area contributed by atoms with Gasteiger partial charge in [0.1, 0.15) is 5.60 Å². The Kier molecular flexibility index (Phi) is 4.47. The zero-order valence-corrected chi connectivity index (χ0v) is 14.8. The van der Waals surface area contributed by atoms with Crippen LogP contribution >= 0.6 is 0 Å². The van der Waals surface area contributed by atoms with Crippen molar-refractivity contribution in [3.05, 3.63) is 24.0 Å². The summed E-state index contributed by atoms with van der Waals surface area (Å²) in [5.41, 5.74) is 1.73. The van der Waals surface area contributed by atoms with Crippen molar-refractivity contribution in [3.63, 3.8) is 0 Å². The van der Waals surface area contributed by atoms with Gasteiger partial charge in [-0.25, -0.2) is 14.8 Å². The van der Waals surface area contributed by atoms with Crippen LogP contribution in [0.5, 0.6) is 6.01 Å². The van der Waals surface area contributed by atoms with Crippen LogP contribution in [0, 0.1) is 0 Å². The van der Waals surface area contributed by atoms with Crippen molar-refractivity contribution >= 4 is 11.7 Å². The Balaban J connectivity index is 1.75. The van der Waals surface area contributed by atoms with Crippen LogP contribution in [0.1, 0.15) is 52.5 Å². The molecular formula is C18H25N3O3. The van der Waals surface area contributed by atoms with Crippen molar-refractivity contribution in [1.29, 1.82) is 0 Å². The van der Waals surface area contributed by atoms with Gasteiger partial charge in [0.2, 0.25) is 0 Å². The number of aromatic nitrogens is 2. The summed E-state index contributed by atoms with van der Waals surface area (Å²) in [5.74, 6) is 0. The van der Waals surface area contributed by atoms with E-state index in [2.05, 4.69) is 16.0 Å². The number of amides is 1. The second-order valence-corrected chi connectivity index (χ2v) is 7.27. The second kappa shape index (κ2) is 6.42. The summed E-state index contributed by atoms with van der Waals surface area (Å²) in [4.78, 5) is 22.8. The van der Waals surface area contributed by atoms with Gasteiger partial charge in [0.05, 0.1) is 12.6 Å². The van der Waals surface area contributed by atoms with Gasteiger partial charge in [-0.3, -0.25) is 4.90 Å². The SMILES string of the molecule is CCOc1ncc(C2=CC3CCC(C2)N3C(=O)OC(C)(C)C)cn1. The Hall–Kier alpha value is -2.11. The van der Waals surface area contributed by atoms with Gasteiger partial charge in [-0.1, -0.05) is 6.08 Å². The van der Waals surface area contributed by atoms with Gasteiger partial charge in [-0.2, -0.15) is 0 Å². The van der Waals surface area contributed by atoms with Crippen molar-refractivity contribution in [1.82, 2.24) is 14.9 Å². The summed E-state index contributed by atoms with van der Waals surface area (Å²) in [7, 11) is 0. The minimum absolute atomic E-state index is 0.0974. The van der Waals surface area contributed by atoms with Gasteiger partial charge in [0, 0.05) is 24.0 Å². The molecule has 130 valence electrons. The molecule has 2 atom stereocenters.